The normalized spacial score (nSPS) is 45.0. The van der Waals surface area contributed by atoms with Gasteiger partial charge in [0.05, 0.1) is 5.41 Å². The van der Waals surface area contributed by atoms with Crippen molar-refractivity contribution in [3.8, 4) is 0 Å². The van der Waals surface area contributed by atoms with Crippen molar-refractivity contribution in [3.63, 3.8) is 0 Å². The molecule has 4 aliphatic rings. The number of esters is 1. The fourth-order valence-electron chi connectivity index (χ4n) is 4.98. The second kappa shape index (κ2) is 13.0. The zero-order chi connectivity index (χ0) is 32.0. The van der Waals surface area contributed by atoms with Gasteiger partial charge in [-0.05, 0) is 26.3 Å². The maximum absolute atomic E-state index is 13.3. The van der Waals surface area contributed by atoms with Crippen molar-refractivity contribution in [2.24, 2.45) is 5.41 Å². The molecule has 1 N–H and O–H groups in total. The molecule has 0 aromatic heterocycles. The van der Waals surface area contributed by atoms with Crippen LogP contribution in [0.4, 0.5) is 0 Å². The SMILES string of the molecule is CC[SiH]1O[Si]2(CC)O[Si]3(CC)O[Si](O)(CC)O[Si]4(COC(=O)C(C)(C)CC)O[Si](CC)(O1)O[Si](CC)(O2)O[Si](CC)(O3)O4. The van der Waals surface area contributed by atoms with Crippen LogP contribution >= 0.6 is 0 Å². The number of rotatable bonds is 11. The first-order chi connectivity index (χ1) is 20.1. The first-order valence-electron chi connectivity index (χ1n) is 15.6. The Labute approximate surface area is 265 Å². The van der Waals surface area contributed by atoms with E-state index in [1.54, 1.807) is 20.8 Å². The van der Waals surface area contributed by atoms with Crippen LogP contribution in [0.25, 0.3) is 0 Å². The molecule has 6 bridgehead atoms. The van der Waals surface area contributed by atoms with Gasteiger partial charge in [-0.2, -0.15) is 0 Å². The Hall–Kier alpha value is 0.725. The predicted octanol–water partition coefficient (Wildman–Crippen LogP) is 3.67. The van der Waals surface area contributed by atoms with E-state index in [0.717, 1.165) is 0 Å². The fraction of sp³-hybridized carbons (Fsp3) is 0.952. The number of ether oxygens (including phenoxy) is 1. The molecule has 4 heterocycles. The molecular formula is C21H50O14Si8. The lowest BCUT2D eigenvalue weighted by Gasteiger charge is -2.58. The summed E-state index contributed by atoms with van der Waals surface area (Å²) in [5, 5.41) is 0. The van der Waals surface area contributed by atoms with Crippen LogP contribution in [-0.4, -0.2) is 87.9 Å². The summed E-state index contributed by atoms with van der Waals surface area (Å²) < 4.78 is 81.7. The molecule has 0 amide bonds. The quantitative estimate of drug-likeness (QED) is 0.242. The lowest BCUT2D eigenvalue weighted by Crippen LogP contribution is -2.84. The van der Waals surface area contributed by atoms with Crippen LogP contribution in [0.3, 0.4) is 0 Å². The van der Waals surface area contributed by atoms with Crippen LogP contribution in [-0.2, 0) is 54.8 Å². The highest BCUT2D eigenvalue weighted by Gasteiger charge is 2.77. The molecule has 22 heteroatoms. The summed E-state index contributed by atoms with van der Waals surface area (Å²) in [5.41, 5.74) is -0.776. The average molecular weight is 751 g/mol. The van der Waals surface area contributed by atoms with E-state index in [1.807, 2.05) is 48.5 Å². The molecule has 250 valence electrons. The van der Waals surface area contributed by atoms with Crippen molar-refractivity contribution in [1.82, 2.24) is 0 Å². The first kappa shape index (κ1) is 36.6. The smallest absolute Gasteiger partial charge is 0.461 e. The second-order valence-electron chi connectivity index (χ2n) is 11.7. The number of hydrogen-bond donors (Lipinski definition) is 1. The highest BCUT2D eigenvalue weighted by Crippen LogP contribution is 2.48. The highest BCUT2D eigenvalue weighted by molar-refractivity contribution is 7.00. The van der Waals surface area contributed by atoms with Crippen molar-refractivity contribution in [1.29, 1.82) is 0 Å². The molecule has 8 atom stereocenters. The van der Waals surface area contributed by atoms with Gasteiger partial charge in [-0.1, -0.05) is 55.4 Å². The molecular weight excluding hydrogens is 701 g/mol. The Morgan fingerprint density at radius 3 is 1.37 bits per heavy atom. The molecule has 0 aliphatic carbocycles. The minimum absolute atomic E-state index is 0.0939. The third-order valence-electron chi connectivity index (χ3n) is 8.19. The van der Waals surface area contributed by atoms with Gasteiger partial charge >= 0.3 is 76.9 Å². The van der Waals surface area contributed by atoms with E-state index in [0.29, 0.717) is 30.6 Å². The lowest BCUT2D eigenvalue weighted by atomic mass is 9.91. The van der Waals surface area contributed by atoms with E-state index in [-0.39, 0.29) is 18.1 Å². The van der Waals surface area contributed by atoms with Crippen molar-refractivity contribution < 1.29 is 59.6 Å². The molecule has 43 heavy (non-hydrogen) atoms. The van der Waals surface area contributed by atoms with E-state index >= 15 is 0 Å². The van der Waals surface area contributed by atoms with Gasteiger partial charge in [0.15, 0.2) is 6.23 Å². The summed E-state index contributed by atoms with van der Waals surface area (Å²) in [6, 6.07) is 2.27. The molecule has 4 saturated heterocycles. The summed E-state index contributed by atoms with van der Waals surface area (Å²) in [6.07, 6.45) is 0.139. The van der Waals surface area contributed by atoms with Gasteiger partial charge in [-0.25, -0.2) is 0 Å². The summed E-state index contributed by atoms with van der Waals surface area (Å²) in [5.74, 6) is -0.457. The molecule has 0 aromatic carbocycles. The van der Waals surface area contributed by atoms with Crippen molar-refractivity contribution in [3.05, 3.63) is 0 Å². The summed E-state index contributed by atoms with van der Waals surface area (Å²) in [6.45, 7) is 18.8. The lowest BCUT2D eigenvalue weighted by molar-refractivity contribution is -0.153. The van der Waals surface area contributed by atoms with Crippen molar-refractivity contribution in [2.45, 2.75) is 118 Å². The standard InChI is InChI=1S/C21H50O14Si8/c1-11-21(9,10)20(22)24-19-43-28-37(23,13-3)27-40(16-6)29-38(14-4)25-36(12-2)26-39(15-5,32-43)31-41(17-7,30-38)34-42(18-8,33-40)35-43/h23,36H,11-19H2,1-10H3. The van der Waals surface area contributed by atoms with Crippen molar-refractivity contribution >= 4 is 76.9 Å². The molecule has 0 aromatic rings. The first-order valence-corrected chi connectivity index (χ1v) is 30.9. The second-order valence-corrected chi connectivity index (χ2v) is 36.8. The van der Waals surface area contributed by atoms with Crippen molar-refractivity contribution in [2.75, 3.05) is 6.23 Å². The van der Waals surface area contributed by atoms with E-state index in [9.17, 15) is 9.59 Å². The van der Waals surface area contributed by atoms with E-state index in [2.05, 4.69) is 0 Å². The van der Waals surface area contributed by atoms with Crippen LogP contribution in [0, 0.1) is 5.41 Å². The molecule has 14 nitrogen and oxygen atoms in total. The van der Waals surface area contributed by atoms with Crippen LogP contribution in [0.2, 0.25) is 42.3 Å². The molecule has 0 radical (unpaired) electrons. The minimum Gasteiger partial charge on any atom is -0.461 e. The molecule has 4 aliphatic heterocycles. The van der Waals surface area contributed by atoms with Crippen LogP contribution in [0.5, 0.6) is 0 Å². The number of fused-ring (bicyclic) bond motifs is 4. The maximum atomic E-state index is 13.3. The van der Waals surface area contributed by atoms with E-state index in [4.69, 9.17) is 50.0 Å². The molecule has 0 saturated carbocycles. The van der Waals surface area contributed by atoms with Crippen LogP contribution in [0.1, 0.15) is 75.7 Å². The molecule has 4 rings (SSSR count). The van der Waals surface area contributed by atoms with Gasteiger partial charge in [0.25, 0.3) is 0 Å². The van der Waals surface area contributed by atoms with Gasteiger partial charge in [0.1, 0.15) is 0 Å². The van der Waals surface area contributed by atoms with Crippen LogP contribution < -0.4 is 0 Å². The zero-order valence-corrected chi connectivity index (χ0v) is 35.4. The third-order valence-corrected chi connectivity index (χ3v) is 42.0. The average Bonchev–Trinajstić information content (AvgIpc) is 2.95. The van der Waals surface area contributed by atoms with Crippen LogP contribution in [0.15, 0.2) is 0 Å². The van der Waals surface area contributed by atoms with Gasteiger partial charge in [-0.15, -0.1) is 0 Å². The number of carbonyl (C=O) groups is 1. The van der Waals surface area contributed by atoms with E-state index < -0.39 is 88.5 Å². The summed E-state index contributed by atoms with van der Waals surface area (Å²) in [4.78, 5) is 25.4. The maximum Gasteiger partial charge on any atom is 0.518 e. The number of carbonyl (C=O) groups excluding carboxylic acids is 1. The predicted molar refractivity (Wildman–Crippen MR) is 170 cm³/mol. The third kappa shape index (κ3) is 7.13. The Kier molecular flexibility index (Phi) is 11.0. The monoisotopic (exact) mass is 750 g/mol. The Morgan fingerprint density at radius 1 is 0.605 bits per heavy atom. The topological polar surface area (TPSA) is 148 Å². The summed E-state index contributed by atoms with van der Waals surface area (Å²) in [7, 11) is -29.9. The molecule has 8 unspecified atom stereocenters. The largest absolute Gasteiger partial charge is 0.518 e. The Balaban J connectivity index is 2.01. The van der Waals surface area contributed by atoms with Gasteiger partial charge in [0, 0.05) is 36.3 Å². The Morgan fingerprint density at radius 2 is 0.977 bits per heavy atom. The highest BCUT2D eigenvalue weighted by atomic mass is 28.6. The zero-order valence-electron chi connectivity index (χ0n) is 27.2. The molecule has 0 spiro atoms. The van der Waals surface area contributed by atoms with Gasteiger partial charge in [-0.3, -0.25) is 4.79 Å². The summed E-state index contributed by atoms with van der Waals surface area (Å²) >= 11 is 0. The Bertz CT molecular complexity index is 1030. The van der Waals surface area contributed by atoms with Gasteiger partial charge in [0.2, 0.25) is 0 Å². The minimum atomic E-state index is -4.31. The van der Waals surface area contributed by atoms with E-state index in [1.165, 1.54) is 0 Å². The fourth-order valence-corrected chi connectivity index (χ4v) is 48.9. The number of hydrogen-bond acceptors (Lipinski definition) is 14. The van der Waals surface area contributed by atoms with Gasteiger partial charge < -0.3 is 54.8 Å². The molecule has 4 fully saturated rings.